The highest BCUT2D eigenvalue weighted by molar-refractivity contribution is 6.42. The molecule has 0 aliphatic carbocycles. The molecule has 0 aliphatic rings. The molecule has 0 aliphatic heterocycles. The van der Waals surface area contributed by atoms with E-state index in [4.69, 9.17) is 27.9 Å². The summed E-state index contributed by atoms with van der Waals surface area (Å²) in [5.74, 6) is -1.90. The lowest BCUT2D eigenvalue weighted by Crippen LogP contribution is -2.32. The molecule has 0 fully saturated rings. The minimum absolute atomic E-state index is 0.181. The van der Waals surface area contributed by atoms with Gasteiger partial charge in [0.1, 0.15) is 12.4 Å². The first-order valence-electron chi connectivity index (χ1n) is 9.61. The number of anilines is 1. The quantitative estimate of drug-likeness (QED) is 0.255. The lowest BCUT2D eigenvalue weighted by Gasteiger charge is -2.10. The standard InChI is InChI=1S/C23H16Cl2F3N3O3/c24-18-9-8-14(10-19(18)25)13-34-20-7-2-1-4-15(20)12-29-31-22(33)21(32)30-17-6-3-5-16(11-17)23(26,27)28/h1-12H,13H2,(H,30,32)(H,31,33)/b29-12-. The van der Waals surface area contributed by atoms with Crippen LogP contribution in [-0.2, 0) is 22.4 Å². The molecule has 0 saturated carbocycles. The van der Waals surface area contributed by atoms with Crippen molar-refractivity contribution in [1.29, 1.82) is 0 Å². The first-order chi connectivity index (χ1) is 16.1. The van der Waals surface area contributed by atoms with Gasteiger partial charge in [0.05, 0.1) is 21.8 Å². The molecule has 34 heavy (non-hydrogen) atoms. The fraction of sp³-hybridized carbons (Fsp3) is 0.0870. The zero-order valence-corrected chi connectivity index (χ0v) is 18.7. The van der Waals surface area contributed by atoms with Crippen molar-refractivity contribution < 1.29 is 27.5 Å². The van der Waals surface area contributed by atoms with Crippen molar-refractivity contribution in [2.45, 2.75) is 12.8 Å². The smallest absolute Gasteiger partial charge is 0.416 e. The van der Waals surface area contributed by atoms with Gasteiger partial charge in [0, 0.05) is 11.3 Å². The van der Waals surface area contributed by atoms with Crippen LogP contribution in [0.4, 0.5) is 18.9 Å². The van der Waals surface area contributed by atoms with Crippen LogP contribution in [0.2, 0.25) is 10.0 Å². The van der Waals surface area contributed by atoms with Crippen LogP contribution in [0.15, 0.2) is 71.8 Å². The van der Waals surface area contributed by atoms with E-state index in [1.807, 2.05) is 5.43 Å². The molecule has 0 aromatic heterocycles. The van der Waals surface area contributed by atoms with Crippen molar-refractivity contribution in [1.82, 2.24) is 5.43 Å². The predicted molar refractivity (Wildman–Crippen MR) is 123 cm³/mol. The van der Waals surface area contributed by atoms with Crippen LogP contribution >= 0.6 is 23.2 Å². The van der Waals surface area contributed by atoms with Crippen LogP contribution in [0.1, 0.15) is 16.7 Å². The van der Waals surface area contributed by atoms with Gasteiger partial charge in [-0.1, -0.05) is 47.5 Å². The van der Waals surface area contributed by atoms with E-state index >= 15 is 0 Å². The van der Waals surface area contributed by atoms with Crippen LogP contribution in [0, 0.1) is 0 Å². The zero-order chi connectivity index (χ0) is 24.7. The summed E-state index contributed by atoms with van der Waals surface area (Å²) in [7, 11) is 0. The Labute approximate surface area is 202 Å². The highest BCUT2D eigenvalue weighted by Crippen LogP contribution is 2.30. The Balaban J connectivity index is 1.59. The Hall–Kier alpha value is -3.56. The molecule has 0 heterocycles. The van der Waals surface area contributed by atoms with E-state index in [-0.39, 0.29) is 12.3 Å². The van der Waals surface area contributed by atoms with E-state index in [9.17, 15) is 22.8 Å². The summed E-state index contributed by atoms with van der Waals surface area (Å²) in [4.78, 5) is 23.9. The van der Waals surface area contributed by atoms with Crippen LogP contribution in [0.25, 0.3) is 0 Å². The van der Waals surface area contributed by atoms with E-state index in [0.717, 1.165) is 23.8 Å². The molecule has 2 amide bonds. The molecule has 3 aromatic carbocycles. The highest BCUT2D eigenvalue weighted by Gasteiger charge is 2.30. The van der Waals surface area contributed by atoms with Gasteiger partial charge in [-0.3, -0.25) is 9.59 Å². The fourth-order valence-electron chi connectivity index (χ4n) is 2.68. The Morgan fingerprint density at radius 3 is 2.44 bits per heavy atom. The van der Waals surface area contributed by atoms with Gasteiger partial charge < -0.3 is 10.1 Å². The van der Waals surface area contributed by atoms with E-state index in [2.05, 4.69) is 10.4 Å². The van der Waals surface area contributed by atoms with E-state index in [0.29, 0.717) is 21.4 Å². The third-order valence-corrected chi connectivity index (χ3v) is 5.06. The number of alkyl halides is 3. The summed E-state index contributed by atoms with van der Waals surface area (Å²) in [6, 6.07) is 15.8. The molecule has 11 heteroatoms. The summed E-state index contributed by atoms with van der Waals surface area (Å²) >= 11 is 11.9. The molecule has 2 N–H and O–H groups in total. The summed E-state index contributed by atoms with van der Waals surface area (Å²) in [6.45, 7) is 0.188. The number of nitrogens with one attached hydrogen (secondary N) is 2. The Bertz CT molecular complexity index is 1230. The van der Waals surface area contributed by atoms with Gasteiger partial charge >= 0.3 is 18.0 Å². The molecule has 0 saturated heterocycles. The maximum absolute atomic E-state index is 12.8. The lowest BCUT2D eigenvalue weighted by atomic mass is 10.2. The topological polar surface area (TPSA) is 79.8 Å². The van der Waals surface area contributed by atoms with Crippen molar-refractivity contribution in [3.05, 3.63) is 93.5 Å². The maximum Gasteiger partial charge on any atom is 0.416 e. The minimum Gasteiger partial charge on any atom is -0.488 e. The SMILES string of the molecule is O=C(N/N=C\c1ccccc1OCc1ccc(Cl)c(Cl)c1)C(=O)Nc1cccc(C(F)(F)F)c1. The molecule has 3 rings (SSSR count). The first kappa shape index (κ1) is 25.1. The van der Waals surface area contributed by atoms with Gasteiger partial charge in [0.2, 0.25) is 0 Å². The van der Waals surface area contributed by atoms with Gasteiger partial charge in [-0.15, -0.1) is 0 Å². The first-order valence-corrected chi connectivity index (χ1v) is 10.4. The van der Waals surface area contributed by atoms with Gasteiger partial charge in [-0.05, 0) is 48.0 Å². The van der Waals surface area contributed by atoms with Crippen LogP contribution in [-0.4, -0.2) is 18.0 Å². The number of para-hydroxylation sites is 1. The molecular weight excluding hydrogens is 494 g/mol. The van der Waals surface area contributed by atoms with Gasteiger partial charge in [0.15, 0.2) is 0 Å². The molecule has 6 nitrogen and oxygen atoms in total. The number of carbonyl (C=O) groups is 2. The Kier molecular flexibility index (Phi) is 8.14. The number of hydrazone groups is 1. The molecule has 176 valence electrons. The number of halogens is 5. The van der Waals surface area contributed by atoms with Crippen LogP contribution in [0.3, 0.4) is 0 Å². The number of rotatable bonds is 6. The number of benzene rings is 3. The maximum atomic E-state index is 12.8. The normalized spacial score (nSPS) is 11.3. The molecule has 3 aromatic rings. The van der Waals surface area contributed by atoms with Crippen molar-refractivity contribution in [3.63, 3.8) is 0 Å². The van der Waals surface area contributed by atoms with Crippen molar-refractivity contribution >= 4 is 46.9 Å². The minimum atomic E-state index is -4.58. The second-order valence-electron chi connectivity index (χ2n) is 6.81. The zero-order valence-electron chi connectivity index (χ0n) is 17.2. The number of carbonyl (C=O) groups excluding carboxylic acids is 2. The molecule has 0 spiro atoms. The average Bonchev–Trinajstić information content (AvgIpc) is 2.80. The molecule has 0 radical (unpaired) electrons. The fourth-order valence-corrected chi connectivity index (χ4v) is 3.00. The third kappa shape index (κ3) is 6.97. The summed E-state index contributed by atoms with van der Waals surface area (Å²) in [5.41, 5.74) is 2.16. The number of hydrogen-bond donors (Lipinski definition) is 2. The van der Waals surface area contributed by atoms with E-state index in [1.165, 1.54) is 12.3 Å². The molecule has 0 unspecified atom stereocenters. The summed E-state index contributed by atoms with van der Waals surface area (Å²) in [6.07, 6.45) is -3.32. The van der Waals surface area contributed by atoms with Gasteiger partial charge in [-0.2, -0.15) is 18.3 Å². The second kappa shape index (κ2) is 11.0. The predicted octanol–water partition coefficient (Wildman–Crippen LogP) is 5.68. The molecular formula is C23H16Cl2F3N3O3. The monoisotopic (exact) mass is 509 g/mol. The highest BCUT2D eigenvalue weighted by atomic mass is 35.5. The van der Waals surface area contributed by atoms with Gasteiger partial charge in [0.25, 0.3) is 0 Å². The molecule has 0 atom stereocenters. The molecule has 0 bridgehead atoms. The second-order valence-corrected chi connectivity index (χ2v) is 7.62. The Morgan fingerprint density at radius 1 is 0.941 bits per heavy atom. The number of nitrogens with zero attached hydrogens (tertiary/aromatic N) is 1. The summed E-state index contributed by atoms with van der Waals surface area (Å²) < 4.78 is 44.1. The largest absolute Gasteiger partial charge is 0.488 e. The number of ether oxygens (including phenoxy) is 1. The Morgan fingerprint density at radius 2 is 1.71 bits per heavy atom. The van der Waals surface area contributed by atoms with Gasteiger partial charge in [-0.25, -0.2) is 5.43 Å². The van der Waals surface area contributed by atoms with E-state index in [1.54, 1.807) is 42.5 Å². The lowest BCUT2D eigenvalue weighted by molar-refractivity contribution is -0.137. The number of hydrogen-bond acceptors (Lipinski definition) is 4. The van der Waals surface area contributed by atoms with Crippen molar-refractivity contribution in [2.75, 3.05) is 5.32 Å². The summed E-state index contributed by atoms with van der Waals surface area (Å²) in [5, 5.41) is 6.62. The van der Waals surface area contributed by atoms with Crippen LogP contribution in [0.5, 0.6) is 5.75 Å². The third-order valence-electron chi connectivity index (χ3n) is 4.32. The average molecular weight is 510 g/mol. The van der Waals surface area contributed by atoms with Crippen LogP contribution < -0.4 is 15.5 Å². The van der Waals surface area contributed by atoms with Crippen molar-refractivity contribution in [3.8, 4) is 5.75 Å². The van der Waals surface area contributed by atoms with Crippen molar-refractivity contribution in [2.24, 2.45) is 5.10 Å². The van der Waals surface area contributed by atoms with E-state index < -0.39 is 23.6 Å². The number of amides is 2.